The zero-order valence-corrected chi connectivity index (χ0v) is 8.69. The van der Waals surface area contributed by atoms with Crippen LogP contribution in [0.4, 0.5) is 0 Å². The van der Waals surface area contributed by atoms with E-state index in [4.69, 9.17) is 9.84 Å². The lowest BCUT2D eigenvalue weighted by atomic mass is 10.1. The van der Waals surface area contributed by atoms with E-state index in [0.29, 0.717) is 12.4 Å². The minimum Gasteiger partial charge on any atom is -0.493 e. The van der Waals surface area contributed by atoms with E-state index in [1.807, 2.05) is 6.92 Å². The smallest absolute Gasteiger partial charge is 0.335 e. The first-order chi connectivity index (χ1) is 7.15. The first-order valence-corrected chi connectivity index (χ1v) is 4.73. The first-order valence-electron chi connectivity index (χ1n) is 4.73. The van der Waals surface area contributed by atoms with Gasteiger partial charge in [0.2, 0.25) is 0 Å². The quantitative estimate of drug-likeness (QED) is 0.595. The Bertz CT molecular complexity index is 369. The molecule has 0 heterocycles. The summed E-state index contributed by atoms with van der Waals surface area (Å²) < 4.78 is 5.43. The summed E-state index contributed by atoms with van der Waals surface area (Å²) in [6.07, 6.45) is 2.51. The zero-order chi connectivity index (χ0) is 11.3. The Balaban J connectivity index is 2.80. The fraction of sp³-hybridized carbons (Fsp3) is 0.250. The largest absolute Gasteiger partial charge is 0.493 e. The Morgan fingerprint density at radius 1 is 1.60 bits per heavy atom. The van der Waals surface area contributed by atoms with Gasteiger partial charge in [0.05, 0.1) is 12.2 Å². The predicted molar refractivity (Wildman–Crippen MR) is 58.4 cm³/mol. The Hall–Kier alpha value is -1.77. The molecule has 0 amide bonds. The minimum absolute atomic E-state index is 0.245. The van der Waals surface area contributed by atoms with Crippen LogP contribution in [0.2, 0.25) is 0 Å². The van der Waals surface area contributed by atoms with Gasteiger partial charge in [0.1, 0.15) is 5.75 Å². The molecule has 0 aliphatic heterocycles. The number of carbonyl (C=O) groups is 1. The van der Waals surface area contributed by atoms with Crippen LogP contribution in [0.3, 0.4) is 0 Å². The third kappa shape index (κ3) is 3.13. The Morgan fingerprint density at radius 2 is 2.33 bits per heavy atom. The molecule has 1 aromatic rings. The van der Waals surface area contributed by atoms with Gasteiger partial charge in [0.25, 0.3) is 0 Å². The molecule has 15 heavy (non-hydrogen) atoms. The standard InChI is InChI=1S/C12H14O3/c1-3-4-7-15-11-8-10(12(13)14)6-5-9(11)2/h3,5-6,8H,1,4,7H2,2H3,(H,13,14). The molecule has 0 aromatic heterocycles. The van der Waals surface area contributed by atoms with E-state index < -0.39 is 5.97 Å². The van der Waals surface area contributed by atoms with Crippen molar-refractivity contribution in [2.75, 3.05) is 6.61 Å². The second kappa shape index (κ2) is 5.20. The van der Waals surface area contributed by atoms with Crippen molar-refractivity contribution in [1.82, 2.24) is 0 Å². The third-order valence-corrected chi connectivity index (χ3v) is 2.01. The van der Waals surface area contributed by atoms with Crippen molar-refractivity contribution in [3.63, 3.8) is 0 Å². The summed E-state index contributed by atoms with van der Waals surface area (Å²) in [7, 11) is 0. The summed E-state index contributed by atoms with van der Waals surface area (Å²) in [6, 6.07) is 4.85. The first kappa shape index (κ1) is 11.3. The van der Waals surface area contributed by atoms with Crippen molar-refractivity contribution >= 4 is 5.97 Å². The number of carboxylic acids is 1. The van der Waals surface area contributed by atoms with Crippen molar-refractivity contribution in [1.29, 1.82) is 0 Å². The fourth-order valence-corrected chi connectivity index (χ4v) is 1.14. The maximum atomic E-state index is 10.7. The summed E-state index contributed by atoms with van der Waals surface area (Å²) in [5.41, 5.74) is 1.18. The van der Waals surface area contributed by atoms with E-state index in [9.17, 15) is 4.79 Å². The van der Waals surface area contributed by atoms with Crippen LogP contribution in [0, 0.1) is 6.92 Å². The van der Waals surface area contributed by atoms with Crippen LogP contribution in [0.1, 0.15) is 22.3 Å². The van der Waals surface area contributed by atoms with Crippen LogP contribution in [0.15, 0.2) is 30.9 Å². The van der Waals surface area contributed by atoms with Crippen molar-refractivity contribution < 1.29 is 14.6 Å². The summed E-state index contributed by atoms with van der Waals surface area (Å²) in [4.78, 5) is 10.7. The Labute approximate surface area is 89.0 Å². The highest BCUT2D eigenvalue weighted by Gasteiger charge is 2.06. The van der Waals surface area contributed by atoms with Gasteiger partial charge >= 0.3 is 5.97 Å². The average Bonchev–Trinajstić information content (AvgIpc) is 2.20. The molecular formula is C12H14O3. The molecule has 0 spiro atoms. The van der Waals surface area contributed by atoms with E-state index in [-0.39, 0.29) is 5.56 Å². The van der Waals surface area contributed by atoms with E-state index in [1.54, 1.807) is 24.3 Å². The van der Waals surface area contributed by atoms with Crippen molar-refractivity contribution in [2.45, 2.75) is 13.3 Å². The van der Waals surface area contributed by atoms with Crippen molar-refractivity contribution in [3.8, 4) is 5.75 Å². The lowest BCUT2D eigenvalue weighted by Crippen LogP contribution is -2.01. The third-order valence-electron chi connectivity index (χ3n) is 2.01. The minimum atomic E-state index is -0.941. The van der Waals surface area contributed by atoms with E-state index in [2.05, 4.69) is 6.58 Å². The summed E-state index contributed by atoms with van der Waals surface area (Å²) in [5.74, 6) is -0.319. The summed E-state index contributed by atoms with van der Waals surface area (Å²) in [6.45, 7) is 5.99. The molecule has 3 heteroatoms. The molecule has 0 aliphatic carbocycles. The lowest BCUT2D eigenvalue weighted by Gasteiger charge is -2.08. The molecule has 1 N–H and O–H groups in total. The lowest BCUT2D eigenvalue weighted by molar-refractivity contribution is 0.0696. The van der Waals surface area contributed by atoms with Crippen molar-refractivity contribution in [3.05, 3.63) is 42.0 Å². The molecule has 80 valence electrons. The highest BCUT2D eigenvalue weighted by Crippen LogP contribution is 2.19. The van der Waals surface area contributed by atoms with Gasteiger partial charge in [-0.25, -0.2) is 4.79 Å². The summed E-state index contributed by atoms with van der Waals surface area (Å²) in [5, 5.41) is 8.80. The molecule has 0 saturated carbocycles. The van der Waals surface area contributed by atoms with Crippen LogP contribution in [-0.4, -0.2) is 17.7 Å². The maximum absolute atomic E-state index is 10.7. The molecule has 0 unspecified atom stereocenters. The van der Waals surface area contributed by atoms with Crippen LogP contribution >= 0.6 is 0 Å². The topological polar surface area (TPSA) is 46.5 Å². The zero-order valence-electron chi connectivity index (χ0n) is 8.69. The Kier molecular flexibility index (Phi) is 3.92. The number of carboxylic acid groups (broad SMARTS) is 1. The fourth-order valence-electron chi connectivity index (χ4n) is 1.14. The normalized spacial score (nSPS) is 9.67. The molecule has 1 rings (SSSR count). The summed E-state index contributed by atoms with van der Waals surface area (Å²) >= 11 is 0. The molecule has 0 fully saturated rings. The van der Waals surface area contributed by atoms with Gasteiger partial charge in [-0.2, -0.15) is 0 Å². The van der Waals surface area contributed by atoms with Crippen LogP contribution in [-0.2, 0) is 0 Å². The van der Waals surface area contributed by atoms with Gasteiger partial charge in [0, 0.05) is 0 Å². The second-order valence-electron chi connectivity index (χ2n) is 3.21. The predicted octanol–water partition coefficient (Wildman–Crippen LogP) is 2.65. The Morgan fingerprint density at radius 3 is 2.93 bits per heavy atom. The van der Waals surface area contributed by atoms with E-state index >= 15 is 0 Å². The van der Waals surface area contributed by atoms with Crippen LogP contribution in [0.25, 0.3) is 0 Å². The van der Waals surface area contributed by atoms with Gasteiger partial charge in [-0.05, 0) is 31.0 Å². The number of hydrogen-bond donors (Lipinski definition) is 1. The molecule has 0 bridgehead atoms. The van der Waals surface area contributed by atoms with E-state index in [1.165, 1.54) is 0 Å². The van der Waals surface area contributed by atoms with E-state index in [0.717, 1.165) is 12.0 Å². The van der Waals surface area contributed by atoms with Gasteiger partial charge in [-0.15, -0.1) is 6.58 Å². The number of aromatic carboxylic acids is 1. The van der Waals surface area contributed by atoms with Crippen LogP contribution < -0.4 is 4.74 Å². The molecule has 0 aliphatic rings. The van der Waals surface area contributed by atoms with Gasteiger partial charge < -0.3 is 9.84 Å². The monoisotopic (exact) mass is 206 g/mol. The highest BCUT2D eigenvalue weighted by molar-refractivity contribution is 5.88. The molecule has 1 aromatic carbocycles. The molecule has 0 atom stereocenters. The molecular weight excluding hydrogens is 192 g/mol. The van der Waals surface area contributed by atoms with Crippen LogP contribution in [0.5, 0.6) is 5.75 Å². The number of benzene rings is 1. The molecule has 3 nitrogen and oxygen atoms in total. The number of ether oxygens (including phenoxy) is 1. The van der Waals surface area contributed by atoms with Gasteiger partial charge in [0.15, 0.2) is 0 Å². The highest BCUT2D eigenvalue weighted by atomic mass is 16.5. The number of hydrogen-bond acceptors (Lipinski definition) is 2. The van der Waals surface area contributed by atoms with Gasteiger partial charge in [-0.3, -0.25) is 0 Å². The second-order valence-corrected chi connectivity index (χ2v) is 3.21. The van der Waals surface area contributed by atoms with Gasteiger partial charge in [-0.1, -0.05) is 12.1 Å². The molecule has 0 radical (unpaired) electrons. The molecule has 0 saturated heterocycles. The maximum Gasteiger partial charge on any atom is 0.335 e. The van der Waals surface area contributed by atoms with Crippen molar-refractivity contribution in [2.24, 2.45) is 0 Å². The SMILES string of the molecule is C=CCCOc1cc(C(=O)O)ccc1C. The number of rotatable bonds is 5. The average molecular weight is 206 g/mol. The number of aryl methyl sites for hydroxylation is 1.